The Morgan fingerprint density at radius 3 is 2.53 bits per heavy atom. The summed E-state index contributed by atoms with van der Waals surface area (Å²) < 4.78 is 31.8. The summed E-state index contributed by atoms with van der Waals surface area (Å²) in [7, 11) is -3.22. The molecular weight excluding hydrogens is 270 g/mol. The molecule has 0 radical (unpaired) electrons. The third-order valence-corrected chi connectivity index (χ3v) is 3.42. The monoisotopic (exact) mass is 281 g/mol. The van der Waals surface area contributed by atoms with Crippen molar-refractivity contribution in [1.29, 1.82) is 0 Å². The fourth-order valence-electron chi connectivity index (χ4n) is 1.76. The Morgan fingerprint density at radius 1 is 1.26 bits per heavy atom. The lowest BCUT2D eigenvalue weighted by molar-refractivity contribution is 0.472. The zero-order valence-corrected chi connectivity index (χ0v) is 10.7. The van der Waals surface area contributed by atoms with Crippen molar-refractivity contribution in [2.24, 2.45) is 10.2 Å². The Labute approximate surface area is 109 Å². The molecule has 2 rings (SSSR count). The van der Waals surface area contributed by atoms with Crippen LogP contribution in [-0.2, 0) is 10.1 Å². The van der Waals surface area contributed by atoms with Gasteiger partial charge in [0.25, 0.3) is 10.1 Å². The van der Waals surface area contributed by atoms with Crippen LogP contribution in [0.5, 0.6) is 5.75 Å². The molecule has 0 heterocycles. The van der Waals surface area contributed by atoms with Crippen molar-refractivity contribution in [2.75, 3.05) is 12.8 Å². The normalized spacial score (nSPS) is 12.3. The number of anilines is 1. The second-order valence-electron chi connectivity index (χ2n) is 3.83. The molecule has 19 heavy (non-hydrogen) atoms. The van der Waals surface area contributed by atoms with Crippen molar-refractivity contribution >= 4 is 32.3 Å². The lowest BCUT2D eigenvalue weighted by atomic mass is 10.1. The minimum atomic E-state index is -4.54. The number of phenols is 1. The molecule has 0 aromatic heterocycles. The van der Waals surface area contributed by atoms with Crippen molar-refractivity contribution < 1.29 is 18.1 Å². The summed E-state index contributed by atoms with van der Waals surface area (Å²) in [6.07, 6.45) is 0. The number of rotatable bonds is 2. The van der Waals surface area contributed by atoms with E-state index in [1.54, 1.807) is 6.07 Å². The molecule has 2 aromatic carbocycles. The van der Waals surface area contributed by atoms with E-state index in [0.29, 0.717) is 16.5 Å². The van der Waals surface area contributed by atoms with Gasteiger partial charge in [-0.3, -0.25) is 4.55 Å². The van der Waals surface area contributed by atoms with Crippen LogP contribution < -0.4 is 5.73 Å². The minimum absolute atomic E-state index is 0.303. The second kappa shape index (κ2) is 4.48. The maximum absolute atomic E-state index is 11.3. The predicted molar refractivity (Wildman–Crippen MR) is 70.3 cm³/mol. The van der Waals surface area contributed by atoms with Crippen LogP contribution in [0.25, 0.3) is 10.8 Å². The van der Waals surface area contributed by atoms with Crippen molar-refractivity contribution in [3.05, 3.63) is 24.3 Å². The van der Waals surface area contributed by atoms with Crippen molar-refractivity contribution in [1.82, 2.24) is 0 Å². The third kappa shape index (κ3) is 2.35. The van der Waals surface area contributed by atoms with Gasteiger partial charge < -0.3 is 10.8 Å². The Hall–Kier alpha value is -2.19. The van der Waals surface area contributed by atoms with Crippen molar-refractivity contribution in [3.8, 4) is 5.75 Å². The number of fused-ring (bicyclic) bond motifs is 1. The fourth-order valence-corrected chi connectivity index (χ4v) is 2.42. The summed E-state index contributed by atoms with van der Waals surface area (Å²) in [5.41, 5.74) is 5.69. The zero-order valence-electron chi connectivity index (χ0n) is 9.90. The summed E-state index contributed by atoms with van der Waals surface area (Å²) in [5.74, 6) is -0.379. The Morgan fingerprint density at radius 2 is 1.95 bits per heavy atom. The average Bonchev–Trinajstić information content (AvgIpc) is 2.31. The topological polar surface area (TPSA) is 125 Å². The van der Waals surface area contributed by atoms with E-state index in [1.807, 2.05) is 0 Å². The zero-order chi connectivity index (χ0) is 14.2. The Balaban J connectivity index is 2.98. The van der Waals surface area contributed by atoms with Gasteiger partial charge in [-0.1, -0.05) is 0 Å². The quantitative estimate of drug-likeness (QED) is 0.441. The molecule has 8 heteroatoms. The smallest absolute Gasteiger partial charge is 0.296 e. The summed E-state index contributed by atoms with van der Waals surface area (Å²) in [6.45, 7) is 0. The van der Waals surface area contributed by atoms with Gasteiger partial charge in [0.1, 0.15) is 10.6 Å². The maximum atomic E-state index is 11.3. The van der Waals surface area contributed by atoms with Gasteiger partial charge in [0.2, 0.25) is 0 Å². The van der Waals surface area contributed by atoms with E-state index in [1.165, 1.54) is 25.2 Å². The molecule has 7 nitrogen and oxygen atoms in total. The molecule has 100 valence electrons. The highest BCUT2D eigenvalue weighted by molar-refractivity contribution is 7.86. The van der Waals surface area contributed by atoms with Crippen LogP contribution in [0.4, 0.5) is 11.4 Å². The largest absolute Gasteiger partial charge is 0.505 e. The highest BCUT2D eigenvalue weighted by Gasteiger charge is 2.21. The predicted octanol–water partition coefficient (Wildman–Crippen LogP) is 2.09. The first-order valence-corrected chi connectivity index (χ1v) is 6.61. The minimum Gasteiger partial charge on any atom is -0.505 e. The van der Waals surface area contributed by atoms with Crippen LogP contribution in [-0.4, -0.2) is 25.1 Å². The van der Waals surface area contributed by atoms with Gasteiger partial charge in [-0.25, -0.2) is 0 Å². The second-order valence-corrected chi connectivity index (χ2v) is 5.22. The van der Waals surface area contributed by atoms with Crippen molar-refractivity contribution in [3.63, 3.8) is 0 Å². The number of hydrogen-bond acceptors (Lipinski definition) is 6. The first-order chi connectivity index (χ1) is 8.84. The molecule has 2 aromatic rings. The number of phenolic OH excluding ortho intramolecular Hbond substituents is 1. The number of nitrogens with two attached hydrogens (primary N) is 1. The summed E-state index contributed by atoms with van der Waals surface area (Å²) in [6, 6.07) is 5.76. The van der Waals surface area contributed by atoms with E-state index in [4.69, 9.17) is 5.73 Å². The van der Waals surface area contributed by atoms with E-state index in [-0.39, 0.29) is 11.4 Å². The van der Waals surface area contributed by atoms with Gasteiger partial charge in [0.05, 0.1) is 0 Å². The fraction of sp³-hybridized carbons (Fsp3) is 0.0909. The molecule has 0 fully saturated rings. The highest BCUT2D eigenvalue weighted by Crippen LogP contribution is 2.41. The molecule has 0 amide bonds. The van der Waals surface area contributed by atoms with E-state index in [9.17, 15) is 18.1 Å². The van der Waals surface area contributed by atoms with E-state index < -0.39 is 15.0 Å². The molecular formula is C11H11N3O4S. The summed E-state index contributed by atoms with van der Waals surface area (Å²) >= 11 is 0. The van der Waals surface area contributed by atoms with Crippen LogP contribution in [0, 0.1) is 0 Å². The van der Waals surface area contributed by atoms with E-state index in [2.05, 4.69) is 10.2 Å². The van der Waals surface area contributed by atoms with Crippen LogP contribution in [0.1, 0.15) is 0 Å². The van der Waals surface area contributed by atoms with Gasteiger partial charge >= 0.3 is 0 Å². The standard InChI is InChI=1S/C11H11N3O4S/c1-13-14-10-9(19(16,17)18)5-6-4-7(12)2-3-8(6)11(10)15/h2-5,15H,12H2,1H3,(H,16,17,18). The van der Waals surface area contributed by atoms with Crippen molar-refractivity contribution in [2.45, 2.75) is 4.90 Å². The van der Waals surface area contributed by atoms with Gasteiger partial charge in [0.15, 0.2) is 5.75 Å². The molecule has 4 N–H and O–H groups in total. The summed E-state index contributed by atoms with van der Waals surface area (Å²) in [4.78, 5) is -0.520. The van der Waals surface area contributed by atoms with Gasteiger partial charge in [-0.05, 0) is 29.7 Å². The van der Waals surface area contributed by atoms with E-state index in [0.717, 1.165) is 0 Å². The van der Waals surface area contributed by atoms with Gasteiger partial charge in [-0.15, -0.1) is 0 Å². The number of hydrogen-bond donors (Lipinski definition) is 3. The summed E-state index contributed by atoms with van der Waals surface area (Å²) in [5, 5.41) is 17.8. The van der Waals surface area contributed by atoms with Crippen LogP contribution >= 0.6 is 0 Å². The van der Waals surface area contributed by atoms with Crippen LogP contribution in [0.3, 0.4) is 0 Å². The molecule has 0 atom stereocenters. The molecule has 0 bridgehead atoms. The molecule has 0 aliphatic heterocycles. The number of nitrogens with zero attached hydrogens (tertiary/aromatic N) is 2. The number of azo groups is 1. The number of nitrogen functional groups attached to an aromatic ring is 1. The Kier molecular flexibility index (Phi) is 3.13. The van der Waals surface area contributed by atoms with Gasteiger partial charge in [-0.2, -0.15) is 18.6 Å². The third-order valence-electron chi connectivity index (χ3n) is 2.55. The molecule has 0 spiro atoms. The van der Waals surface area contributed by atoms with E-state index >= 15 is 0 Å². The molecule has 0 saturated heterocycles. The lowest BCUT2D eigenvalue weighted by Crippen LogP contribution is -1.99. The first-order valence-electron chi connectivity index (χ1n) is 5.17. The van der Waals surface area contributed by atoms with Gasteiger partial charge in [0, 0.05) is 18.1 Å². The molecule has 0 aliphatic carbocycles. The lowest BCUT2D eigenvalue weighted by Gasteiger charge is -2.08. The number of benzene rings is 2. The SMILES string of the molecule is CN=Nc1c(S(=O)(=O)O)cc2cc(N)ccc2c1O. The van der Waals surface area contributed by atoms with Crippen LogP contribution in [0.15, 0.2) is 39.4 Å². The maximum Gasteiger partial charge on any atom is 0.296 e. The highest BCUT2D eigenvalue weighted by atomic mass is 32.2. The number of aromatic hydroxyl groups is 1. The molecule has 0 saturated carbocycles. The van der Waals surface area contributed by atoms with Crippen LogP contribution in [0.2, 0.25) is 0 Å². The molecule has 0 aliphatic rings. The average molecular weight is 281 g/mol. The first kappa shape index (κ1) is 13.2. The Bertz CT molecular complexity index is 784. The molecule has 0 unspecified atom stereocenters.